The van der Waals surface area contributed by atoms with Gasteiger partial charge in [-0.15, -0.1) is 0 Å². The summed E-state index contributed by atoms with van der Waals surface area (Å²) in [5.74, 6) is 0.392. The summed E-state index contributed by atoms with van der Waals surface area (Å²) in [5.41, 5.74) is 1.08. The van der Waals surface area contributed by atoms with E-state index in [2.05, 4.69) is 12.1 Å². The van der Waals surface area contributed by atoms with Gasteiger partial charge in [0.25, 0.3) is 0 Å². The Labute approximate surface area is 172 Å². The predicted molar refractivity (Wildman–Crippen MR) is 113 cm³/mol. The molecule has 158 valence electrons. The normalized spacial score (nSPS) is 16.1. The van der Waals surface area contributed by atoms with E-state index in [-0.39, 0.29) is 12.2 Å². The molecule has 6 nitrogen and oxygen atoms in total. The Bertz CT molecular complexity index is 894. The van der Waals surface area contributed by atoms with E-state index in [1.165, 1.54) is 5.56 Å². The molecule has 1 aliphatic rings. The molecule has 2 aromatic rings. The first kappa shape index (κ1) is 21.2. The lowest BCUT2D eigenvalue weighted by Crippen LogP contribution is -2.41. The molecule has 29 heavy (non-hydrogen) atoms. The fourth-order valence-corrected chi connectivity index (χ4v) is 3.61. The second kappa shape index (κ2) is 7.73. The number of likely N-dealkylation sites (tertiary alicyclic amines) is 1. The fraction of sp³-hybridized carbons (Fsp3) is 0.565. The molecule has 1 amide bonds. The van der Waals surface area contributed by atoms with Crippen LogP contribution in [0, 0.1) is 0 Å². The van der Waals surface area contributed by atoms with Crippen LogP contribution >= 0.6 is 0 Å². The number of nitrogens with zero attached hydrogens (tertiary/aromatic N) is 2. The molecule has 1 saturated heterocycles. The van der Waals surface area contributed by atoms with Crippen molar-refractivity contribution in [3.8, 4) is 0 Å². The lowest BCUT2D eigenvalue weighted by molar-refractivity contribution is 0.0204. The number of carbonyl (C=O) groups excluding carboxylic acids is 2. The highest BCUT2D eigenvalue weighted by atomic mass is 16.6. The lowest BCUT2D eigenvalue weighted by Gasteiger charge is -2.33. The summed E-state index contributed by atoms with van der Waals surface area (Å²) in [6.45, 7) is 12.6. The van der Waals surface area contributed by atoms with Crippen LogP contribution in [0.1, 0.15) is 65.9 Å². The van der Waals surface area contributed by atoms with Crippen LogP contribution in [0.25, 0.3) is 10.9 Å². The van der Waals surface area contributed by atoms with Gasteiger partial charge in [0.2, 0.25) is 0 Å². The monoisotopic (exact) mass is 400 g/mol. The lowest BCUT2D eigenvalue weighted by atomic mass is 9.89. The first-order chi connectivity index (χ1) is 13.4. The van der Waals surface area contributed by atoms with Crippen LogP contribution in [-0.4, -0.2) is 45.9 Å². The van der Waals surface area contributed by atoms with Gasteiger partial charge in [-0.25, -0.2) is 9.59 Å². The van der Waals surface area contributed by atoms with Crippen molar-refractivity contribution in [2.75, 3.05) is 13.1 Å². The number of ether oxygens (including phenoxy) is 2. The van der Waals surface area contributed by atoms with Gasteiger partial charge in [-0.3, -0.25) is 4.57 Å². The van der Waals surface area contributed by atoms with Crippen LogP contribution in [0.4, 0.5) is 9.59 Å². The van der Waals surface area contributed by atoms with E-state index in [1.54, 1.807) is 15.7 Å². The maximum absolute atomic E-state index is 12.4. The fourth-order valence-electron chi connectivity index (χ4n) is 3.61. The molecular formula is C23H32N2O4. The summed E-state index contributed by atoms with van der Waals surface area (Å²) in [4.78, 5) is 26.5. The zero-order chi connectivity index (χ0) is 21.4. The van der Waals surface area contributed by atoms with E-state index in [0.29, 0.717) is 19.0 Å². The molecule has 0 spiro atoms. The Hall–Kier alpha value is -2.50. The molecular weight excluding hydrogens is 368 g/mol. The first-order valence-corrected chi connectivity index (χ1v) is 10.3. The highest BCUT2D eigenvalue weighted by molar-refractivity contribution is 5.90. The van der Waals surface area contributed by atoms with Gasteiger partial charge in [-0.2, -0.15) is 0 Å². The van der Waals surface area contributed by atoms with E-state index in [1.807, 2.05) is 53.7 Å². The number of piperidine rings is 1. The Balaban J connectivity index is 1.68. The van der Waals surface area contributed by atoms with Crippen molar-refractivity contribution in [1.29, 1.82) is 0 Å². The number of hydrogen-bond donors (Lipinski definition) is 0. The minimum atomic E-state index is -0.532. The molecule has 0 aliphatic carbocycles. The van der Waals surface area contributed by atoms with Crippen molar-refractivity contribution in [3.63, 3.8) is 0 Å². The van der Waals surface area contributed by atoms with Crippen molar-refractivity contribution in [2.45, 2.75) is 71.5 Å². The van der Waals surface area contributed by atoms with E-state index in [0.717, 1.165) is 23.7 Å². The van der Waals surface area contributed by atoms with E-state index in [9.17, 15) is 9.59 Å². The van der Waals surface area contributed by atoms with Gasteiger partial charge >= 0.3 is 12.2 Å². The summed E-state index contributed by atoms with van der Waals surface area (Å²) in [7, 11) is 0. The number of hydrogen-bond acceptors (Lipinski definition) is 4. The Morgan fingerprint density at radius 2 is 1.48 bits per heavy atom. The molecule has 0 N–H and O–H groups in total. The van der Waals surface area contributed by atoms with E-state index in [4.69, 9.17) is 9.47 Å². The van der Waals surface area contributed by atoms with E-state index >= 15 is 0 Å². The molecule has 1 fully saturated rings. The van der Waals surface area contributed by atoms with Gasteiger partial charge in [0.15, 0.2) is 0 Å². The Kier molecular flexibility index (Phi) is 5.65. The molecule has 6 heteroatoms. The highest BCUT2D eigenvalue weighted by Crippen LogP contribution is 2.31. The Morgan fingerprint density at radius 1 is 0.897 bits per heavy atom. The largest absolute Gasteiger partial charge is 0.444 e. The van der Waals surface area contributed by atoms with Crippen LogP contribution in [-0.2, 0) is 9.47 Å². The van der Waals surface area contributed by atoms with E-state index < -0.39 is 11.2 Å². The van der Waals surface area contributed by atoms with Crippen LogP contribution in [0.3, 0.4) is 0 Å². The van der Waals surface area contributed by atoms with Gasteiger partial charge in [-0.05, 0) is 84.1 Å². The second-order valence-corrected chi connectivity index (χ2v) is 9.73. The average Bonchev–Trinajstić information content (AvgIpc) is 3.02. The Morgan fingerprint density at radius 3 is 2.07 bits per heavy atom. The maximum Gasteiger partial charge on any atom is 0.418 e. The predicted octanol–water partition coefficient (Wildman–Crippen LogP) is 5.54. The summed E-state index contributed by atoms with van der Waals surface area (Å²) in [5, 5.41) is 1.02. The number of aromatic nitrogens is 1. The third-order valence-electron chi connectivity index (χ3n) is 4.92. The van der Waals surface area contributed by atoms with Crippen LogP contribution in [0.15, 0.2) is 30.5 Å². The van der Waals surface area contributed by atoms with Crippen molar-refractivity contribution in [2.24, 2.45) is 0 Å². The van der Waals surface area contributed by atoms with Crippen LogP contribution in [0.2, 0.25) is 0 Å². The number of benzene rings is 1. The first-order valence-electron chi connectivity index (χ1n) is 10.3. The number of rotatable bonds is 1. The molecule has 0 radical (unpaired) electrons. The topological polar surface area (TPSA) is 60.8 Å². The number of carbonyl (C=O) groups is 2. The van der Waals surface area contributed by atoms with Gasteiger partial charge in [0.05, 0.1) is 5.52 Å². The molecule has 0 unspecified atom stereocenters. The molecule has 3 rings (SSSR count). The molecule has 0 atom stereocenters. The third-order valence-corrected chi connectivity index (χ3v) is 4.92. The minimum absolute atomic E-state index is 0.235. The number of amides is 1. The van der Waals surface area contributed by atoms with Gasteiger partial charge < -0.3 is 14.4 Å². The van der Waals surface area contributed by atoms with Crippen LogP contribution in [0.5, 0.6) is 0 Å². The number of fused-ring (bicyclic) bond motifs is 1. The molecule has 1 aliphatic heterocycles. The van der Waals surface area contributed by atoms with Crippen molar-refractivity contribution in [3.05, 3.63) is 36.0 Å². The van der Waals surface area contributed by atoms with Crippen molar-refractivity contribution in [1.82, 2.24) is 9.47 Å². The SMILES string of the molecule is CC(C)(C)OC(=O)N1CCC(c2ccc3c(ccn3C(=O)OC(C)(C)C)c2)CC1. The standard InChI is InChI=1S/C23H32N2O4/c1-22(2,3)28-20(26)24-12-9-16(10-13-24)17-7-8-19-18(15-17)11-14-25(19)21(27)29-23(4,5)6/h7-8,11,14-16H,9-10,12-13H2,1-6H3. The minimum Gasteiger partial charge on any atom is -0.444 e. The maximum atomic E-state index is 12.4. The third kappa shape index (κ3) is 5.31. The van der Waals surface area contributed by atoms with Crippen LogP contribution < -0.4 is 0 Å². The second-order valence-electron chi connectivity index (χ2n) is 9.73. The van der Waals surface area contributed by atoms with Crippen molar-refractivity contribution < 1.29 is 19.1 Å². The zero-order valence-electron chi connectivity index (χ0n) is 18.3. The molecule has 1 aromatic heterocycles. The molecule has 1 aromatic carbocycles. The zero-order valence-corrected chi connectivity index (χ0v) is 18.3. The summed E-state index contributed by atoms with van der Waals surface area (Å²) >= 11 is 0. The van der Waals surface area contributed by atoms with Crippen molar-refractivity contribution >= 4 is 23.1 Å². The summed E-state index contributed by atoms with van der Waals surface area (Å²) in [6, 6.07) is 8.15. The van der Waals surface area contributed by atoms with Gasteiger partial charge in [0.1, 0.15) is 11.2 Å². The highest BCUT2D eigenvalue weighted by Gasteiger charge is 2.28. The summed E-state index contributed by atoms with van der Waals surface area (Å²) in [6.07, 6.45) is 2.95. The van der Waals surface area contributed by atoms with Gasteiger partial charge in [-0.1, -0.05) is 6.07 Å². The molecule has 0 bridgehead atoms. The van der Waals surface area contributed by atoms with Gasteiger partial charge in [0, 0.05) is 24.7 Å². The molecule has 0 saturated carbocycles. The smallest absolute Gasteiger partial charge is 0.418 e. The molecule has 2 heterocycles. The average molecular weight is 401 g/mol. The summed E-state index contributed by atoms with van der Waals surface area (Å²) < 4.78 is 12.5. The quantitative estimate of drug-likeness (QED) is 0.631.